The fourth-order valence-corrected chi connectivity index (χ4v) is 2.50. The second-order valence-corrected chi connectivity index (χ2v) is 4.00. The lowest BCUT2D eigenvalue weighted by atomic mass is 9.72. The van der Waals surface area contributed by atoms with Crippen molar-refractivity contribution in [3.63, 3.8) is 0 Å². The summed E-state index contributed by atoms with van der Waals surface area (Å²) in [6.07, 6.45) is 5.78. The number of hydrogen-bond donors (Lipinski definition) is 2. The third kappa shape index (κ3) is 1.30. The maximum atomic E-state index is 10.2. The van der Waals surface area contributed by atoms with Crippen molar-refractivity contribution in [1.29, 1.82) is 0 Å². The van der Waals surface area contributed by atoms with Crippen molar-refractivity contribution < 1.29 is 5.11 Å². The van der Waals surface area contributed by atoms with Crippen LogP contribution in [0.2, 0.25) is 0 Å². The van der Waals surface area contributed by atoms with E-state index in [0.29, 0.717) is 5.92 Å². The Labute approximate surface area is 68.0 Å². The van der Waals surface area contributed by atoms with Crippen LogP contribution >= 0.6 is 0 Å². The smallest absolute Gasteiger partial charge is 0.0700 e. The molecule has 2 nitrogen and oxygen atoms in total. The van der Waals surface area contributed by atoms with Crippen LogP contribution in [0.4, 0.5) is 0 Å². The fraction of sp³-hybridized carbons (Fsp3) is 1.00. The lowest BCUT2D eigenvalue weighted by molar-refractivity contribution is -0.0671. The third-order valence-corrected chi connectivity index (χ3v) is 3.30. The molecule has 1 heterocycles. The Bertz CT molecular complexity index is 134. The summed E-state index contributed by atoms with van der Waals surface area (Å²) >= 11 is 0. The molecule has 2 aliphatic rings. The third-order valence-electron chi connectivity index (χ3n) is 3.30. The molecule has 1 saturated carbocycles. The molecule has 0 aromatic heterocycles. The molecule has 64 valence electrons. The summed E-state index contributed by atoms with van der Waals surface area (Å²) in [7, 11) is 0. The van der Waals surface area contributed by atoms with Gasteiger partial charge in [0, 0.05) is 12.5 Å². The SMILES string of the molecule is O[C@]12CCCCC1CNCC2. The van der Waals surface area contributed by atoms with E-state index in [0.717, 1.165) is 25.9 Å². The van der Waals surface area contributed by atoms with Crippen molar-refractivity contribution in [3.05, 3.63) is 0 Å². The number of piperidine rings is 1. The predicted octanol–water partition coefficient (Wildman–Crippen LogP) is 0.901. The monoisotopic (exact) mass is 155 g/mol. The topological polar surface area (TPSA) is 32.3 Å². The molecule has 0 spiro atoms. The first-order valence-corrected chi connectivity index (χ1v) is 4.74. The molecular formula is C9H17NO. The van der Waals surface area contributed by atoms with Gasteiger partial charge in [-0.2, -0.15) is 0 Å². The quantitative estimate of drug-likeness (QED) is 0.545. The van der Waals surface area contributed by atoms with E-state index in [4.69, 9.17) is 0 Å². The summed E-state index contributed by atoms with van der Waals surface area (Å²) in [5, 5.41) is 13.5. The van der Waals surface area contributed by atoms with Crippen molar-refractivity contribution in [2.24, 2.45) is 5.92 Å². The van der Waals surface area contributed by atoms with Gasteiger partial charge in [-0.15, -0.1) is 0 Å². The first kappa shape index (κ1) is 7.56. The summed E-state index contributed by atoms with van der Waals surface area (Å²) in [6, 6.07) is 0. The first-order chi connectivity index (χ1) is 5.31. The summed E-state index contributed by atoms with van der Waals surface area (Å²) < 4.78 is 0. The molecule has 2 fully saturated rings. The van der Waals surface area contributed by atoms with Crippen molar-refractivity contribution in [1.82, 2.24) is 5.32 Å². The molecule has 0 amide bonds. The molecule has 2 N–H and O–H groups in total. The van der Waals surface area contributed by atoms with Crippen LogP contribution in [-0.2, 0) is 0 Å². The van der Waals surface area contributed by atoms with Gasteiger partial charge in [-0.1, -0.05) is 12.8 Å². The van der Waals surface area contributed by atoms with Gasteiger partial charge in [0.25, 0.3) is 0 Å². The highest BCUT2D eigenvalue weighted by Gasteiger charge is 2.39. The van der Waals surface area contributed by atoms with E-state index in [2.05, 4.69) is 5.32 Å². The van der Waals surface area contributed by atoms with Crippen LogP contribution in [0.5, 0.6) is 0 Å². The zero-order valence-corrected chi connectivity index (χ0v) is 6.97. The van der Waals surface area contributed by atoms with E-state index in [1.807, 2.05) is 0 Å². The molecule has 1 aliphatic heterocycles. The maximum Gasteiger partial charge on any atom is 0.0700 e. The minimum absolute atomic E-state index is 0.288. The Morgan fingerprint density at radius 1 is 1.27 bits per heavy atom. The van der Waals surface area contributed by atoms with Gasteiger partial charge in [0.1, 0.15) is 0 Å². The number of fused-ring (bicyclic) bond motifs is 1. The summed E-state index contributed by atoms with van der Waals surface area (Å²) in [5.41, 5.74) is -0.288. The van der Waals surface area contributed by atoms with Crippen molar-refractivity contribution >= 4 is 0 Å². The Morgan fingerprint density at radius 2 is 2.18 bits per heavy atom. The average Bonchev–Trinajstić information content (AvgIpc) is 2.03. The van der Waals surface area contributed by atoms with Gasteiger partial charge in [-0.3, -0.25) is 0 Å². The van der Waals surface area contributed by atoms with E-state index in [9.17, 15) is 5.11 Å². The van der Waals surface area contributed by atoms with Crippen LogP contribution in [0.1, 0.15) is 32.1 Å². The van der Waals surface area contributed by atoms with Gasteiger partial charge < -0.3 is 10.4 Å². The van der Waals surface area contributed by atoms with Gasteiger partial charge in [0.15, 0.2) is 0 Å². The van der Waals surface area contributed by atoms with Crippen molar-refractivity contribution in [2.45, 2.75) is 37.7 Å². The highest BCUT2D eigenvalue weighted by molar-refractivity contribution is 4.94. The molecule has 1 aliphatic carbocycles. The molecule has 1 unspecified atom stereocenters. The van der Waals surface area contributed by atoms with Gasteiger partial charge >= 0.3 is 0 Å². The second kappa shape index (κ2) is 2.76. The summed E-state index contributed by atoms with van der Waals surface area (Å²) in [5.74, 6) is 0.546. The minimum Gasteiger partial charge on any atom is -0.390 e. The van der Waals surface area contributed by atoms with Gasteiger partial charge in [0.2, 0.25) is 0 Å². The standard InChI is InChI=1S/C9H17NO/c11-9-4-2-1-3-8(9)7-10-6-5-9/h8,10-11H,1-7H2/t8?,9-/m0/s1. The summed E-state index contributed by atoms with van der Waals surface area (Å²) in [6.45, 7) is 2.05. The predicted molar refractivity (Wildman–Crippen MR) is 44.4 cm³/mol. The van der Waals surface area contributed by atoms with E-state index in [1.54, 1.807) is 0 Å². The zero-order valence-electron chi connectivity index (χ0n) is 6.97. The largest absolute Gasteiger partial charge is 0.390 e. The van der Waals surface area contributed by atoms with Crippen LogP contribution in [0, 0.1) is 5.92 Å². The average molecular weight is 155 g/mol. The highest BCUT2D eigenvalue weighted by atomic mass is 16.3. The van der Waals surface area contributed by atoms with Crippen LogP contribution in [0.15, 0.2) is 0 Å². The molecular weight excluding hydrogens is 138 g/mol. The molecule has 0 radical (unpaired) electrons. The molecule has 1 saturated heterocycles. The molecule has 11 heavy (non-hydrogen) atoms. The van der Waals surface area contributed by atoms with Crippen molar-refractivity contribution in [2.75, 3.05) is 13.1 Å². The fourth-order valence-electron chi connectivity index (χ4n) is 2.50. The van der Waals surface area contributed by atoms with Crippen molar-refractivity contribution in [3.8, 4) is 0 Å². The number of hydrogen-bond acceptors (Lipinski definition) is 2. The van der Waals surface area contributed by atoms with Crippen LogP contribution in [-0.4, -0.2) is 23.8 Å². The molecule has 0 aromatic carbocycles. The first-order valence-electron chi connectivity index (χ1n) is 4.74. The Hall–Kier alpha value is -0.0800. The van der Waals surface area contributed by atoms with E-state index >= 15 is 0 Å². The molecule has 0 bridgehead atoms. The van der Waals surface area contributed by atoms with Gasteiger partial charge in [-0.05, 0) is 25.8 Å². The molecule has 2 atom stereocenters. The minimum atomic E-state index is -0.288. The number of rotatable bonds is 0. The van der Waals surface area contributed by atoms with E-state index in [1.165, 1.54) is 19.3 Å². The normalized spacial score (nSPS) is 45.0. The Morgan fingerprint density at radius 3 is 3.00 bits per heavy atom. The second-order valence-electron chi connectivity index (χ2n) is 4.00. The van der Waals surface area contributed by atoms with Crippen LogP contribution < -0.4 is 5.32 Å². The van der Waals surface area contributed by atoms with Gasteiger partial charge in [0.05, 0.1) is 5.60 Å². The molecule has 2 heteroatoms. The van der Waals surface area contributed by atoms with E-state index < -0.39 is 0 Å². The lowest BCUT2D eigenvalue weighted by Gasteiger charge is -2.43. The molecule has 2 rings (SSSR count). The number of nitrogens with one attached hydrogen (secondary N) is 1. The number of aliphatic hydroxyl groups is 1. The maximum absolute atomic E-state index is 10.2. The zero-order chi connectivity index (χ0) is 7.73. The molecule has 0 aromatic rings. The Kier molecular flexibility index (Phi) is 1.90. The lowest BCUT2D eigenvalue weighted by Crippen LogP contribution is -2.51. The van der Waals surface area contributed by atoms with Crippen LogP contribution in [0.25, 0.3) is 0 Å². The highest BCUT2D eigenvalue weighted by Crippen LogP contribution is 2.37. The van der Waals surface area contributed by atoms with Crippen LogP contribution in [0.3, 0.4) is 0 Å². The van der Waals surface area contributed by atoms with E-state index in [-0.39, 0.29) is 5.60 Å². The van der Waals surface area contributed by atoms with Gasteiger partial charge in [-0.25, -0.2) is 0 Å². The Balaban J connectivity index is 2.06. The summed E-state index contributed by atoms with van der Waals surface area (Å²) in [4.78, 5) is 0.